The van der Waals surface area contributed by atoms with Crippen molar-refractivity contribution in [2.24, 2.45) is 0 Å². The van der Waals surface area contributed by atoms with Crippen molar-refractivity contribution in [3.8, 4) is 0 Å². The monoisotopic (exact) mass is 414 g/mol. The highest BCUT2D eigenvalue weighted by molar-refractivity contribution is 6.33. The van der Waals surface area contributed by atoms with E-state index in [-0.39, 0.29) is 12.1 Å². The molecular formula is C21H27ClN6O. The number of anilines is 2. The molecule has 154 valence electrons. The molecule has 0 aliphatic carbocycles. The lowest BCUT2D eigenvalue weighted by Gasteiger charge is -2.38. The minimum absolute atomic E-state index is 0.0719. The van der Waals surface area contributed by atoms with Crippen LogP contribution in [-0.4, -0.2) is 49.2 Å². The fourth-order valence-electron chi connectivity index (χ4n) is 3.77. The van der Waals surface area contributed by atoms with E-state index in [1.54, 1.807) is 0 Å². The van der Waals surface area contributed by atoms with Gasteiger partial charge >= 0.3 is 0 Å². The Hall–Kier alpha value is -2.32. The second kappa shape index (κ2) is 8.59. The number of hydrazine groups is 2. The van der Waals surface area contributed by atoms with E-state index in [1.165, 1.54) is 11.1 Å². The molecule has 2 aromatic carbocycles. The van der Waals surface area contributed by atoms with Gasteiger partial charge in [0.25, 0.3) is 0 Å². The Morgan fingerprint density at radius 2 is 1.79 bits per heavy atom. The van der Waals surface area contributed by atoms with Gasteiger partial charge in [-0.2, -0.15) is 5.53 Å². The molecule has 2 aliphatic rings. The maximum atomic E-state index is 13.1. The fraction of sp³-hybridized carbons (Fsp3) is 0.381. The minimum atomic E-state index is -0.400. The number of halogens is 1. The Balaban J connectivity index is 1.37. The molecular weight excluding hydrogens is 388 g/mol. The Kier molecular flexibility index (Phi) is 5.91. The first-order valence-corrected chi connectivity index (χ1v) is 10.3. The van der Waals surface area contributed by atoms with Crippen LogP contribution in [0, 0.1) is 13.8 Å². The van der Waals surface area contributed by atoms with Crippen molar-refractivity contribution in [2.45, 2.75) is 26.1 Å². The van der Waals surface area contributed by atoms with Gasteiger partial charge in [0.1, 0.15) is 12.2 Å². The molecule has 0 saturated carbocycles. The number of carbonyl (C=O) groups excluding carboxylic acids is 1. The third kappa shape index (κ3) is 4.33. The number of para-hydroxylation sites is 1. The highest BCUT2D eigenvalue weighted by Gasteiger charge is 2.36. The smallest absolute Gasteiger partial charge is 0.244 e. The quantitative estimate of drug-likeness (QED) is 0.613. The van der Waals surface area contributed by atoms with Crippen LogP contribution in [0.15, 0.2) is 42.5 Å². The highest BCUT2D eigenvalue weighted by Crippen LogP contribution is 2.26. The summed E-state index contributed by atoms with van der Waals surface area (Å²) in [6.45, 7) is 7.03. The molecule has 4 rings (SSSR count). The van der Waals surface area contributed by atoms with Crippen molar-refractivity contribution >= 4 is 28.9 Å². The molecule has 4 N–H and O–H groups in total. The standard InChI is InChI=1S/C21H27ClN6O/c1-14-7-8-16(13-15(14)2)23-20-19(24-26-25-20)21(29)28-11-9-27(10-12-28)18-6-4-3-5-17(18)22/h3-8,13,19-20,23-26H,9-12H2,1-2H3. The van der Waals surface area contributed by atoms with Crippen LogP contribution >= 0.6 is 11.6 Å². The Bertz CT molecular complexity index is 883. The number of aryl methyl sites for hydroxylation is 2. The molecule has 2 saturated heterocycles. The number of benzene rings is 2. The van der Waals surface area contributed by atoms with Gasteiger partial charge < -0.3 is 15.1 Å². The van der Waals surface area contributed by atoms with E-state index >= 15 is 0 Å². The number of nitrogens with one attached hydrogen (secondary N) is 4. The maximum Gasteiger partial charge on any atom is 0.244 e. The molecule has 0 bridgehead atoms. The summed E-state index contributed by atoms with van der Waals surface area (Å²) in [7, 11) is 0. The molecule has 2 unspecified atom stereocenters. The van der Waals surface area contributed by atoms with E-state index in [4.69, 9.17) is 11.6 Å². The molecule has 7 nitrogen and oxygen atoms in total. The number of amides is 1. The van der Waals surface area contributed by atoms with Gasteiger partial charge in [0.2, 0.25) is 5.91 Å². The first-order chi connectivity index (χ1) is 14.0. The van der Waals surface area contributed by atoms with Crippen molar-refractivity contribution < 1.29 is 4.79 Å². The van der Waals surface area contributed by atoms with Gasteiger partial charge in [-0.3, -0.25) is 4.79 Å². The minimum Gasteiger partial charge on any atom is -0.367 e. The van der Waals surface area contributed by atoms with E-state index < -0.39 is 6.04 Å². The molecule has 2 heterocycles. The molecule has 2 aromatic rings. The van der Waals surface area contributed by atoms with Gasteiger partial charge in [0.15, 0.2) is 0 Å². The molecule has 2 aliphatic heterocycles. The van der Waals surface area contributed by atoms with Crippen molar-refractivity contribution in [1.29, 1.82) is 0 Å². The van der Waals surface area contributed by atoms with Crippen molar-refractivity contribution in [3.63, 3.8) is 0 Å². The number of hydrogen-bond acceptors (Lipinski definition) is 6. The second-order valence-corrected chi connectivity index (χ2v) is 7.98. The van der Waals surface area contributed by atoms with Crippen LogP contribution in [0.25, 0.3) is 0 Å². The highest BCUT2D eigenvalue weighted by atomic mass is 35.5. The van der Waals surface area contributed by atoms with Crippen molar-refractivity contribution in [3.05, 3.63) is 58.6 Å². The summed E-state index contributed by atoms with van der Waals surface area (Å²) >= 11 is 6.32. The second-order valence-electron chi connectivity index (χ2n) is 7.58. The SMILES string of the molecule is Cc1ccc(NC2NNNC2C(=O)N2CCN(c3ccccc3Cl)CC2)cc1C. The lowest BCUT2D eigenvalue weighted by molar-refractivity contribution is -0.133. The topological polar surface area (TPSA) is 71.7 Å². The van der Waals surface area contributed by atoms with Crippen LogP contribution in [0.5, 0.6) is 0 Å². The van der Waals surface area contributed by atoms with E-state index in [2.05, 4.69) is 52.6 Å². The summed E-state index contributed by atoms with van der Waals surface area (Å²) in [5.41, 5.74) is 13.5. The molecule has 1 amide bonds. The predicted molar refractivity (Wildman–Crippen MR) is 117 cm³/mol. The summed E-state index contributed by atoms with van der Waals surface area (Å²) < 4.78 is 0. The average Bonchev–Trinajstić information content (AvgIpc) is 3.19. The molecule has 8 heteroatoms. The lowest BCUT2D eigenvalue weighted by Crippen LogP contribution is -2.57. The summed E-state index contributed by atoms with van der Waals surface area (Å²) in [6, 6.07) is 13.7. The molecule has 0 spiro atoms. The number of carbonyl (C=O) groups is 1. The fourth-order valence-corrected chi connectivity index (χ4v) is 4.03. The van der Waals surface area contributed by atoms with Gasteiger partial charge in [-0.1, -0.05) is 29.8 Å². The largest absolute Gasteiger partial charge is 0.367 e. The summed E-state index contributed by atoms with van der Waals surface area (Å²) in [6.07, 6.45) is -0.244. The van der Waals surface area contributed by atoms with Crippen molar-refractivity contribution in [1.82, 2.24) is 21.3 Å². The average molecular weight is 415 g/mol. The Morgan fingerprint density at radius 1 is 1.03 bits per heavy atom. The zero-order chi connectivity index (χ0) is 20.4. The van der Waals surface area contributed by atoms with Gasteiger partial charge in [-0.05, 0) is 49.2 Å². The Morgan fingerprint density at radius 3 is 2.52 bits per heavy atom. The van der Waals surface area contributed by atoms with Crippen LogP contribution in [0.2, 0.25) is 5.02 Å². The zero-order valence-corrected chi connectivity index (χ0v) is 17.5. The van der Waals surface area contributed by atoms with Crippen LogP contribution in [0.3, 0.4) is 0 Å². The first kappa shape index (κ1) is 20.0. The third-order valence-electron chi connectivity index (χ3n) is 5.67. The molecule has 2 atom stereocenters. The van der Waals surface area contributed by atoms with Crippen LogP contribution in [-0.2, 0) is 4.79 Å². The molecule has 2 fully saturated rings. The van der Waals surface area contributed by atoms with Gasteiger partial charge in [-0.15, -0.1) is 0 Å². The van der Waals surface area contributed by atoms with Crippen LogP contribution in [0.1, 0.15) is 11.1 Å². The van der Waals surface area contributed by atoms with E-state index in [0.29, 0.717) is 13.1 Å². The maximum absolute atomic E-state index is 13.1. The predicted octanol–water partition coefficient (Wildman–Crippen LogP) is 2.02. The van der Waals surface area contributed by atoms with E-state index in [9.17, 15) is 4.79 Å². The normalized spacial score (nSPS) is 22.0. The van der Waals surface area contributed by atoms with Gasteiger partial charge in [0.05, 0.1) is 10.7 Å². The first-order valence-electron chi connectivity index (χ1n) is 9.91. The number of rotatable bonds is 4. The lowest BCUT2D eigenvalue weighted by atomic mass is 10.1. The zero-order valence-electron chi connectivity index (χ0n) is 16.7. The van der Waals surface area contributed by atoms with E-state index in [0.717, 1.165) is 29.5 Å². The van der Waals surface area contributed by atoms with E-state index in [1.807, 2.05) is 35.2 Å². The summed E-state index contributed by atoms with van der Waals surface area (Å²) in [5.74, 6) is 0.0719. The van der Waals surface area contributed by atoms with Gasteiger partial charge in [0, 0.05) is 31.9 Å². The number of nitrogens with zero attached hydrogens (tertiary/aromatic N) is 2. The number of piperazine rings is 1. The molecule has 0 aromatic heterocycles. The molecule has 29 heavy (non-hydrogen) atoms. The van der Waals surface area contributed by atoms with Crippen LogP contribution < -0.4 is 26.6 Å². The van der Waals surface area contributed by atoms with Crippen molar-refractivity contribution in [2.75, 3.05) is 36.4 Å². The number of hydrogen-bond donors (Lipinski definition) is 4. The molecule has 0 radical (unpaired) electrons. The summed E-state index contributed by atoms with van der Waals surface area (Å²) in [4.78, 5) is 17.3. The third-order valence-corrected chi connectivity index (χ3v) is 5.99. The summed E-state index contributed by atoms with van der Waals surface area (Å²) in [5, 5.41) is 4.16. The van der Waals surface area contributed by atoms with Crippen LogP contribution in [0.4, 0.5) is 11.4 Å². The Labute approximate surface area is 176 Å². The van der Waals surface area contributed by atoms with Gasteiger partial charge in [-0.25, -0.2) is 10.9 Å².